The van der Waals surface area contributed by atoms with E-state index in [1.807, 2.05) is 13.8 Å². The Hall–Kier alpha value is -2.94. The van der Waals surface area contributed by atoms with E-state index in [4.69, 9.17) is 39.5 Å². The third-order valence-corrected chi connectivity index (χ3v) is 6.77. The third kappa shape index (κ3) is 5.72. The predicted octanol–water partition coefficient (Wildman–Crippen LogP) is 9.32. The molecule has 0 aliphatic rings. The molecule has 0 bridgehead atoms. The van der Waals surface area contributed by atoms with Gasteiger partial charge in [0.2, 0.25) is 0 Å². The van der Waals surface area contributed by atoms with Crippen molar-refractivity contribution in [2.24, 2.45) is 0 Å². The highest BCUT2D eigenvalue weighted by molar-refractivity contribution is 6.35. The summed E-state index contributed by atoms with van der Waals surface area (Å²) in [6, 6.07) is 11.1. The van der Waals surface area contributed by atoms with E-state index in [0.29, 0.717) is 51.2 Å². The predicted molar refractivity (Wildman–Crippen MR) is 142 cm³/mol. The van der Waals surface area contributed by atoms with E-state index in [1.165, 1.54) is 4.90 Å². The van der Waals surface area contributed by atoms with Crippen molar-refractivity contribution < 1.29 is 27.1 Å². The van der Waals surface area contributed by atoms with Gasteiger partial charge < -0.3 is 14.2 Å². The molecular weight excluding hydrogens is 567 g/mol. The number of alkyl halides is 3. The summed E-state index contributed by atoms with van der Waals surface area (Å²) in [7, 11) is 0. The number of hydrogen-bond donors (Lipinski definition) is 0. The molecule has 4 rings (SSSR count). The lowest BCUT2D eigenvalue weighted by Crippen LogP contribution is -2.33. The molecule has 0 atom stereocenters. The van der Waals surface area contributed by atoms with Crippen LogP contribution >= 0.6 is 34.8 Å². The lowest BCUT2D eigenvalue weighted by atomic mass is 10.0. The van der Waals surface area contributed by atoms with Crippen LogP contribution in [0.4, 0.5) is 22.4 Å². The molecular formula is C27H21Cl3F4N2O2. The largest absolute Gasteiger partial charge is 0.416 e. The zero-order valence-corrected chi connectivity index (χ0v) is 22.4. The van der Waals surface area contributed by atoms with Gasteiger partial charge in [0.15, 0.2) is 0 Å². The van der Waals surface area contributed by atoms with Crippen LogP contribution in [0.2, 0.25) is 15.1 Å². The molecule has 1 amide bonds. The van der Waals surface area contributed by atoms with Crippen LogP contribution in [-0.2, 0) is 12.7 Å². The number of hydrogen-bond acceptors (Lipinski definition) is 2. The first-order valence-corrected chi connectivity index (χ1v) is 12.7. The molecule has 38 heavy (non-hydrogen) atoms. The number of ether oxygens (including phenoxy) is 1. The summed E-state index contributed by atoms with van der Waals surface area (Å²) in [6.07, 6.45) is -3.64. The molecule has 3 aromatic carbocycles. The van der Waals surface area contributed by atoms with Gasteiger partial charge in [0.05, 0.1) is 17.1 Å². The lowest BCUT2D eigenvalue weighted by Gasteiger charge is -2.20. The van der Waals surface area contributed by atoms with Crippen molar-refractivity contribution in [3.8, 4) is 16.9 Å². The molecule has 0 aliphatic carbocycles. The Bertz CT molecular complexity index is 1490. The molecule has 0 fully saturated rings. The number of carbonyl (C=O) groups is 1. The van der Waals surface area contributed by atoms with E-state index in [1.54, 1.807) is 47.2 Å². The average molecular weight is 588 g/mol. The standard InChI is InChI=1S/C27H21Cl3F4N2O2/c1-3-35(4-2)26(37)38-23-6-5-22-20(24(23)15-10-18(28)13-19(29)11-15)7-8-36(22)14-16-9-17(27(32,33)34)12-21(30)25(16)31/h5-13H,3-4,14H2,1-2H3. The smallest absolute Gasteiger partial charge is 0.410 e. The van der Waals surface area contributed by atoms with Crippen molar-refractivity contribution in [2.75, 3.05) is 13.1 Å². The number of halogens is 7. The van der Waals surface area contributed by atoms with Gasteiger partial charge in [0.25, 0.3) is 0 Å². The van der Waals surface area contributed by atoms with E-state index in [0.717, 1.165) is 6.07 Å². The summed E-state index contributed by atoms with van der Waals surface area (Å²) >= 11 is 18.3. The van der Waals surface area contributed by atoms with Gasteiger partial charge in [0, 0.05) is 51.4 Å². The summed E-state index contributed by atoms with van der Waals surface area (Å²) in [5.74, 6) is -0.702. The molecule has 0 N–H and O–H groups in total. The minimum Gasteiger partial charge on any atom is -0.410 e. The van der Waals surface area contributed by atoms with Crippen LogP contribution in [-0.4, -0.2) is 28.6 Å². The first-order valence-electron chi connectivity index (χ1n) is 11.5. The van der Waals surface area contributed by atoms with E-state index >= 15 is 0 Å². The molecule has 0 aliphatic heterocycles. The van der Waals surface area contributed by atoms with Crippen LogP contribution in [0.3, 0.4) is 0 Å². The fourth-order valence-corrected chi connectivity index (χ4v) is 4.98. The van der Waals surface area contributed by atoms with Crippen LogP contribution in [0.15, 0.2) is 54.7 Å². The molecule has 0 radical (unpaired) electrons. The van der Waals surface area contributed by atoms with Gasteiger partial charge in [-0.25, -0.2) is 9.18 Å². The van der Waals surface area contributed by atoms with Crippen LogP contribution in [0.1, 0.15) is 25.0 Å². The molecule has 0 saturated carbocycles. The van der Waals surface area contributed by atoms with Crippen LogP contribution in [0.5, 0.6) is 5.75 Å². The minimum absolute atomic E-state index is 0.229. The highest BCUT2D eigenvalue weighted by Gasteiger charge is 2.32. The van der Waals surface area contributed by atoms with Gasteiger partial charge in [0.1, 0.15) is 11.6 Å². The SMILES string of the molecule is CCN(CC)C(=O)Oc1ccc2c(ccn2Cc2cc(C(F)(F)F)cc(Cl)c2F)c1-c1cc(Cl)cc(Cl)c1. The highest BCUT2D eigenvalue weighted by Crippen LogP contribution is 2.41. The van der Waals surface area contributed by atoms with Crippen molar-refractivity contribution in [3.05, 3.63) is 86.7 Å². The number of benzene rings is 3. The van der Waals surface area contributed by atoms with Crippen molar-refractivity contribution in [3.63, 3.8) is 0 Å². The Balaban J connectivity index is 1.86. The Morgan fingerprint density at radius 3 is 2.24 bits per heavy atom. The van der Waals surface area contributed by atoms with E-state index in [9.17, 15) is 22.4 Å². The van der Waals surface area contributed by atoms with Gasteiger partial charge >= 0.3 is 12.3 Å². The Labute approximate surface area is 231 Å². The number of aromatic nitrogens is 1. The summed E-state index contributed by atoms with van der Waals surface area (Å²) in [5.41, 5.74) is 0.323. The number of nitrogens with zero attached hydrogens (tertiary/aromatic N) is 2. The Morgan fingerprint density at radius 1 is 0.974 bits per heavy atom. The second kappa shape index (κ2) is 11.0. The van der Waals surface area contributed by atoms with E-state index in [2.05, 4.69) is 0 Å². The summed E-state index contributed by atoms with van der Waals surface area (Å²) in [5, 5.41) is 0.675. The lowest BCUT2D eigenvalue weighted by molar-refractivity contribution is -0.137. The number of carbonyl (C=O) groups excluding carboxylic acids is 1. The monoisotopic (exact) mass is 586 g/mol. The zero-order chi connectivity index (χ0) is 27.8. The molecule has 0 unspecified atom stereocenters. The van der Waals surface area contributed by atoms with Gasteiger partial charge in [-0.2, -0.15) is 13.2 Å². The Kier molecular flexibility index (Phi) is 8.16. The van der Waals surface area contributed by atoms with Crippen molar-refractivity contribution in [1.82, 2.24) is 9.47 Å². The number of rotatable bonds is 6. The maximum absolute atomic E-state index is 14.7. The van der Waals surface area contributed by atoms with Crippen molar-refractivity contribution in [1.29, 1.82) is 0 Å². The molecule has 0 saturated heterocycles. The second-order valence-electron chi connectivity index (χ2n) is 8.44. The van der Waals surface area contributed by atoms with Crippen molar-refractivity contribution >= 4 is 51.8 Å². The molecule has 1 aromatic heterocycles. The van der Waals surface area contributed by atoms with E-state index in [-0.39, 0.29) is 17.9 Å². The third-order valence-electron chi connectivity index (χ3n) is 6.06. The van der Waals surface area contributed by atoms with Gasteiger partial charge in [-0.1, -0.05) is 34.8 Å². The quantitative estimate of drug-likeness (QED) is 0.211. The van der Waals surface area contributed by atoms with Gasteiger partial charge in [-0.15, -0.1) is 0 Å². The number of amides is 1. The average Bonchev–Trinajstić information content (AvgIpc) is 3.23. The molecule has 4 nitrogen and oxygen atoms in total. The van der Waals surface area contributed by atoms with Crippen LogP contribution < -0.4 is 4.74 Å². The van der Waals surface area contributed by atoms with Gasteiger partial charge in [-0.05, 0) is 67.9 Å². The fraction of sp³-hybridized carbons (Fsp3) is 0.222. The molecule has 200 valence electrons. The maximum Gasteiger partial charge on any atom is 0.416 e. The van der Waals surface area contributed by atoms with Crippen molar-refractivity contribution in [2.45, 2.75) is 26.6 Å². The molecule has 4 aromatic rings. The summed E-state index contributed by atoms with van der Waals surface area (Å²) in [4.78, 5) is 14.3. The molecule has 0 spiro atoms. The summed E-state index contributed by atoms with van der Waals surface area (Å²) in [6.45, 7) is 4.30. The number of fused-ring (bicyclic) bond motifs is 1. The topological polar surface area (TPSA) is 34.5 Å². The first-order chi connectivity index (χ1) is 17.9. The zero-order valence-electron chi connectivity index (χ0n) is 20.2. The maximum atomic E-state index is 14.7. The Morgan fingerprint density at radius 2 is 1.63 bits per heavy atom. The minimum atomic E-state index is -4.69. The first kappa shape index (κ1) is 28.1. The molecule has 11 heteroatoms. The van der Waals surface area contributed by atoms with Crippen LogP contribution in [0, 0.1) is 5.82 Å². The van der Waals surface area contributed by atoms with E-state index < -0.39 is 28.7 Å². The second-order valence-corrected chi connectivity index (χ2v) is 9.72. The normalized spacial score (nSPS) is 11.7. The summed E-state index contributed by atoms with van der Waals surface area (Å²) < 4.78 is 62.0. The van der Waals surface area contributed by atoms with Crippen LogP contribution in [0.25, 0.3) is 22.0 Å². The fourth-order valence-electron chi connectivity index (χ4n) is 4.22. The molecule has 1 heterocycles. The highest BCUT2D eigenvalue weighted by atomic mass is 35.5. The van der Waals surface area contributed by atoms with Gasteiger partial charge in [-0.3, -0.25) is 0 Å².